The Morgan fingerprint density at radius 1 is 1.19 bits per heavy atom. The van der Waals surface area contributed by atoms with Crippen LogP contribution in [0.4, 0.5) is 0 Å². The molecule has 1 heterocycles. The van der Waals surface area contributed by atoms with Gasteiger partial charge in [0.2, 0.25) is 0 Å². The summed E-state index contributed by atoms with van der Waals surface area (Å²) in [6.45, 7) is 9.01. The van der Waals surface area contributed by atoms with Gasteiger partial charge in [-0.15, -0.1) is 11.3 Å². The van der Waals surface area contributed by atoms with Crippen LogP contribution in [0.15, 0.2) is 24.3 Å². The Balaban J connectivity index is 2.08. The van der Waals surface area contributed by atoms with Crippen molar-refractivity contribution in [3.63, 3.8) is 0 Å². The molecule has 0 spiro atoms. The minimum atomic E-state index is 0.0496. The van der Waals surface area contributed by atoms with Crippen molar-refractivity contribution in [2.24, 2.45) is 0 Å². The van der Waals surface area contributed by atoms with Crippen molar-refractivity contribution >= 4 is 11.3 Å². The molecule has 2 aromatic rings. The van der Waals surface area contributed by atoms with Crippen LogP contribution in [0.2, 0.25) is 0 Å². The normalized spacial score (nSPS) is 11.4. The molecule has 1 N–H and O–H groups in total. The van der Waals surface area contributed by atoms with Crippen molar-refractivity contribution in [1.29, 1.82) is 0 Å². The van der Waals surface area contributed by atoms with E-state index in [0.717, 1.165) is 21.3 Å². The van der Waals surface area contributed by atoms with Gasteiger partial charge < -0.3 is 9.84 Å². The summed E-state index contributed by atoms with van der Waals surface area (Å²) in [5, 5.41) is 10.3. The number of hydrogen-bond donors (Lipinski definition) is 1. The van der Waals surface area contributed by atoms with E-state index in [1.165, 1.54) is 16.9 Å². The smallest absolute Gasteiger partial charge is 0.140 e. The molecular weight excluding hydrogens is 282 g/mol. The quantitative estimate of drug-likeness (QED) is 0.856. The van der Waals surface area contributed by atoms with E-state index in [4.69, 9.17) is 4.74 Å². The average Bonchev–Trinajstić information content (AvgIpc) is 2.89. The third-order valence-corrected chi connectivity index (χ3v) is 4.38. The van der Waals surface area contributed by atoms with Gasteiger partial charge in [-0.05, 0) is 29.5 Å². The lowest BCUT2D eigenvalue weighted by Crippen LogP contribution is -1.97. The third kappa shape index (κ3) is 4.05. The molecule has 0 aliphatic heterocycles. The molecule has 3 nitrogen and oxygen atoms in total. The number of aliphatic hydroxyl groups is 1. The van der Waals surface area contributed by atoms with Crippen molar-refractivity contribution in [3.8, 4) is 5.75 Å². The Bertz CT molecular complexity index is 590. The average molecular weight is 305 g/mol. The number of benzene rings is 1. The minimum absolute atomic E-state index is 0.0496. The first-order valence-electron chi connectivity index (χ1n) is 7.33. The van der Waals surface area contributed by atoms with Gasteiger partial charge in [-0.2, -0.15) is 0 Å². The van der Waals surface area contributed by atoms with Crippen molar-refractivity contribution in [2.75, 3.05) is 0 Å². The van der Waals surface area contributed by atoms with Gasteiger partial charge >= 0.3 is 0 Å². The van der Waals surface area contributed by atoms with Gasteiger partial charge in [0.25, 0.3) is 0 Å². The minimum Gasteiger partial charge on any atom is -0.486 e. The fourth-order valence-corrected chi connectivity index (χ4v) is 3.15. The molecule has 0 atom stereocenters. The fourth-order valence-electron chi connectivity index (χ4n) is 2.15. The van der Waals surface area contributed by atoms with Gasteiger partial charge in [-0.25, -0.2) is 4.98 Å². The summed E-state index contributed by atoms with van der Waals surface area (Å²) >= 11 is 1.53. The van der Waals surface area contributed by atoms with E-state index in [1.54, 1.807) is 0 Å². The van der Waals surface area contributed by atoms with Crippen LogP contribution in [0, 0.1) is 0 Å². The third-order valence-electron chi connectivity index (χ3n) is 3.35. The van der Waals surface area contributed by atoms with Gasteiger partial charge in [-0.3, -0.25) is 0 Å². The Morgan fingerprint density at radius 3 is 2.52 bits per heavy atom. The lowest BCUT2D eigenvalue weighted by atomic mass is 10.0. The lowest BCUT2D eigenvalue weighted by Gasteiger charge is -2.09. The number of ether oxygens (including phenoxy) is 1. The topological polar surface area (TPSA) is 42.4 Å². The second-order valence-corrected chi connectivity index (χ2v) is 6.91. The van der Waals surface area contributed by atoms with E-state index in [0.29, 0.717) is 18.4 Å². The molecule has 0 saturated heterocycles. The van der Waals surface area contributed by atoms with Crippen LogP contribution in [0.1, 0.15) is 60.7 Å². The molecule has 0 aliphatic carbocycles. The van der Waals surface area contributed by atoms with Crippen LogP contribution in [-0.4, -0.2) is 10.1 Å². The number of aliphatic hydroxyl groups excluding tert-OH is 1. The summed E-state index contributed by atoms with van der Waals surface area (Å²) in [7, 11) is 0. The summed E-state index contributed by atoms with van der Waals surface area (Å²) in [4.78, 5) is 5.53. The molecule has 0 fully saturated rings. The van der Waals surface area contributed by atoms with Gasteiger partial charge in [0, 0.05) is 0 Å². The Kier molecular flexibility index (Phi) is 5.37. The molecule has 0 amide bonds. The maximum Gasteiger partial charge on any atom is 0.140 e. The number of aromatic nitrogens is 1. The lowest BCUT2D eigenvalue weighted by molar-refractivity contribution is 0.283. The van der Waals surface area contributed by atoms with Gasteiger partial charge in [0.05, 0.1) is 17.2 Å². The van der Waals surface area contributed by atoms with Gasteiger partial charge in [-0.1, -0.05) is 39.8 Å². The molecule has 0 aliphatic rings. The summed E-state index contributed by atoms with van der Waals surface area (Å²) < 4.78 is 5.84. The maximum absolute atomic E-state index is 9.39. The van der Waals surface area contributed by atoms with Crippen LogP contribution in [0.3, 0.4) is 0 Å². The van der Waals surface area contributed by atoms with E-state index in [9.17, 15) is 5.11 Å². The van der Waals surface area contributed by atoms with Gasteiger partial charge in [0.15, 0.2) is 0 Å². The highest BCUT2D eigenvalue weighted by atomic mass is 32.1. The predicted molar refractivity (Wildman–Crippen MR) is 87.0 cm³/mol. The fraction of sp³-hybridized carbons (Fsp3) is 0.471. The molecule has 21 heavy (non-hydrogen) atoms. The van der Waals surface area contributed by atoms with Crippen LogP contribution in [0.5, 0.6) is 5.75 Å². The van der Waals surface area contributed by atoms with E-state index >= 15 is 0 Å². The summed E-state index contributed by atoms with van der Waals surface area (Å²) in [6.07, 6.45) is 0. The van der Waals surface area contributed by atoms with Crippen molar-refractivity contribution < 1.29 is 9.84 Å². The SMILES string of the molecule is CC(C)c1cccc(OCc2nc(C(C)C)c(CO)s2)c1. The molecule has 114 valence electrons. The van der Waals surface area contributed by atoms with Crippen LogP contribution >= 0.6 is 11.3 Å². The highest BCUT2D eigenvalue weighted by Crippen LogP contribution is 2.26. The summed E-state index contributed by atoms with van der Waals surface area (Å²) in [5.74, 6) is 1.68. The largest absolute Gasteiger partial charge is 0.486 e. The zero-order valence-corrected chi connectivity index (χ0v) is 13.9. The standard InChI is InChI=1S/C17H23NO2S/c1-11(2)13-6-5-7-14(8-13)20-10-16-18-17(12(3)4)15(9-19)21-16/h5-8,11-12,19H,9-10H2,1-4H3. The predicted octanol–water partition coefficient (Wildman–Crippen LogP) is 4.46. The Labute approximate surface area is 130 Å². The first-order chi connectivity index (χ1) is 10.0. The van der Waals surface area contributed by atoms with Crippen LogP contribution in [-0.2, 0) is 13.2 Å². The van der Waals surface area contributed by atoms with E-state index in [-0.39, 0.29) is 6.61 Å². The second-order valence-electron chi connectivity index (χ2n) is 5.74. The van der Waals surface area contributed by atoms with E-state index < -0.39 is 0 Å². The summed E-state index contributed by atoms with van der Waals surface area (Å²) in [6, 6.07) is 8.18. The number of hydrogen-bond acceptors (Lipinski definition) is 4. The highest BCUT2D eigenvalue weighted by Gasteiger charge is 2.13. The summed E-state index contributed by atoms with van der Waals surface area (Å²) in [5.41, 5.74) is 2.25. The van der Waals surface area contributed by atoms with Crippen molar-refractivity contribution in [3.05, 3.63) is 45.4 Å². The first-order valence-corrected chi connectivity index (χ1v) is 8.15. The van der Waals surface area contributed by atoms with E-state index in [1.807, 2.05) is 12.1 Å². The Morgan fingerprint density at radius 2 is 1.95 bits per heavy atom. The van der Waals surface area contributed by atoms with Crippen molar-refractivity contribution in [1.82, 2.24) is 4.98 Å². The molecule has 1 aromatic carbocycles. The zero-order valence-electron chi connectivity index (χ0n) is 13.1. The second kappa shape index (κ2) is 7.05. The number of nitrogens with zero attached hydrogens (tertiary/aromatic N) is 1. The molecule has 0 saturated carbocycles. The zero-order chi connectivity index (χ0) is 15.4. The first kappa shape index (κ1) is 16.0. The molecule has 0 radical (unpaired) electrons. The molecule has 4 heteroatoms. The van der Waals surface area contributed by atoms with E-state index in [2.05, 4.69) is 44.8 Å². The van der Waals surface area contributed by atoms with Crippen molar-refractivity contribution in [2.45, 2.75) is 52.7 Å². The number of thiazole rings is 1. The highest BCUT2D eigenvalue weighted by molar-refractivity contribution is 7.11. The van der Waals surface area contributed by atoms with Crippen LogP contribution in [0.25, 0.3) is 0 Å². The molecular formula is C17H23NO2S. The molecule has 1 aromatic heterocycles. The molecule has 0 bridgehead atoms. The molecule has 0 unspecified atom stereocenters. The van der Waals surface area contributed by atoms with Crippen LogP contribution < -0.4 is 4.74 Å². The monoisotopic (exact) mass is 305 g/mol. The molecule has 2 rings (SSSR count). The Hall–Kier alpha value is -1.39. The van der Waals surface area contributed by atoms with Gasteiger partial charge in [0.1, 0.15) is 17.4 Å². The number of rotatable bonds is 6. The maximum atomic E-state index is 9.39.